The number of anilines is 2. The molecule has 1 aliphatic heterocycles. The molecule has 8 nitrogen and oxygen atoms in total. The van der Waals surface area contributed by atoms with Crippen LogP contribution in [0.1, 0.15) is 24.4 Å². The molecular formula is C22H20BrCl2N7O. The summed E-state index contributed by atoms with van der Waals surface area (Å²) in [5.74, 6) is 0.372. The fourth-order valence-corrected chi connectivity index (χ4v) is 5.03. The minimum Gasteiger partial charge on any atom is -0.321 e. The van der Waals surface area contributed by atoms with E-state index in [1.165, 1.54) is 10.8 Å². The summed E-state index contributed by atoms with van der Waals surface area (Å²) in [5, 5.41) is 12.2. The maximum absolute atomic E-state index is 13.3. The number of aryl methyl sites for hydroxylation is 1. The number of aromatic nitrogens is 5. The van der Waals surface area contributed by atoms with Crippen LogP contribution in [0.4, 0.5) is 11.6 Å². The zero-order valence-electron chi connectivity index (χ0n) is 17.6. The monoisotopic (exact) mass is 547 g/mol. The van der Waals surface area contributed by atoms with E-state index in [9.17, 15) is 4.79 Å². The molecule has 33 heavy (non-hydrogen) atoms. The molecule has 5 rings (SSSR count). The molecule has 3 aromatic heterocycles. The second-order valence-electron chi connectivity index (χ2n) is 7.95. The maximum atomic E-state index is 13.3. The maximum Gasteiger partial charge on any atom is 0.266 e. The third kappa shape index (κ3) is 4.26. The number of hydrogen-bond acceptors (Lipinski definition) is 6. The van der Waals surface area contributed by atoms with Crippen molar-refractivity contribution in [1.82, 2.24) is 29.6 Å². The lowest BCUT2D eigenvalue weighted by atomic mass is 10.1. The van der Waals surface area contributed by atoms with Crippen LogP contribution < -0.4 is 16.2 Å². The number of nitrogens with zero attached hydrogens (tertiary/aromatic N) is 5. The molecule has 0 aliphatic carbocycles. The molecule has 0 unspecified atom stereocenters. The fourth-order valence-electron chi connectivity index (χ4n) is 3.97. The van der Waals surface area contributed by atoms with Gasteiger partial charge in [-0.15, -0.1) is 0 Å². The van der Waals surface area contributed by atoms with E-state index in [1.54, 1.807) is 18.5 Å². The van der Waals surface area contributed by atoms with E-state index in [2.05, 4.69) is 41.6 Å². The molecule has 11 heteroatoms. The Hall–Kier alpha value is -2.46. The fraction of sp³-hybridized carbons (Fsp3) is 0.273. The van der Waals surface area contributed by atoms with Gasteiger partial charge in [-0.05, 0) is 60.4 Å². The van der Waals surface area contributed by atoms with Gasteiger partial charge in [0.05, 0.1) is 49.0 Å². The van der Waals surface area contributed by atoms with Crippen molar-refractivity contribution in [2.75, 3.05) is 18.4 Å². The van der Waals surface area contributed by atoms with Crippen molar-refractivity contribution in [2.45, 2.75) is 25.8 Å². The van der Waals surface area contributed by atoms with Gasteiger partial charge in [0.15, 0.2) is 0 Å². The quantitative estimate of drug-likeness (QED) is 0.372. The second-order valence-corrected chi connectivity index (χ2v) is 9.59. The Kier molecular flexibility index (Phi) is 6.13. The summed E-state index contributed by atoms with van der Waals surface area (Å²) < 4.78 is 4.01. The molecule has 0 radical (unpaired) electrons. The van der Waals surface area contributed by atoms with Crippen molar-refractivity contribution in [2.24, 2.45) is 0 Å². The van der Waals surface area contributed by atoms with Crippen LogP contribution in [-0.4, -0.2) is 37.4 Å². The Labute approximate surface area is 208 Å². The number of rotatable bonds is 4. The van der Waals surface area contributed by atoms with Gasteiger partial charge >= 0.3 is 0 Å². The molecule has 0 bridgehead atoms. The first-order valence-electron chi connectivity index (χ1n) is 10.5. The Morgan fingerprint density at radius 2 is 1.97 bits per heavy atom. The predicted molar refractivity (Wildman–Crippen MR) is 134 cm³/mol. The van der Waals surface area contributed by atoms with Crippen LogP contribution in [-0.2, 0) is 0 Å². The Morgan fingerprint density at radius 3 is 2.76 bits per heavy atom. The summed E-state index contributed by atoms with van der Waals surface area (Å²) in [7, 11) is 0. The Morgan fingerprint density at radius 1 is 1.18 bits per heavy atom. The van der Waals surface area contributed by atoms with Crippen molar-refractivity contribution < 1.29 is 0 Å². The van der Waals surface area contributed by atoms with Gasteiger partial charge < -0.3 is 10.6 Å². The molecule has 1 aromatic carbocycles. The topological polar surface area (TPSA) is 89.7 Å². The van der Waals surface area contributed by atoms with Gasteiger partial charge in [0, 0.05) is 18.6 Å². The van der Waals surface area contributed by atoms with Crippen LogP contribution in [0.25, 0.3) is 16.6 Å². The predicted octanol–water partition coefficient (Wildman–Crippen LogP) is 5.02. The molecule has 0 saturated carbocycles. The number of nitrogens with one attached hydrogen (secondary N) is 2. The van der Waals surface area contributed by atoms with Crippen molar-refractivity contribution in [1.29, 1.82) is 0 Å². The molecule has 0 spiro atoms. The average molecular weight is 549 g/mol. The minimum atomic E-state index is -0.312. The summed E-state index contributed by atoms with van der Waals surface area (Å²) >= 11 is 16.4. The first-order chi connectivity index (χ1) is 15.9. The molecule has 2 N–H and O–H groups in total. The third-order valence-electron chi connectivity index (χ3n) is 5.75. The average Bonchev–Trinajstić information content (AvgIpc) is 3.29. The molecule has 1 saturated heterocycles. The SMILES string of the molecule is Cc1ccc(Cl)c(-n2cc(Br)c3nc(Nc4cnn(C5CCNCC5)c4)ncc3c2=O)c1Cl. The Bertz CT molecular complexity index is 1410. The number of benzene rings is 1. The van der Waals surface area contributed by atoms with Crippen LogP contribution in [0.15, 0.2) is 46.2 Å². The number of fused-ring (bicyclic) bond motifs is 1. The Balaban J connectivity index is 1.49. The van der Waals surface area contributed by atoms with Crippen molar-refractivity contribution in [3.8, 4) is 5.69 Å². The van der Waals surface area contributed by atoms with E-state index in [0.717, 1.165) is 37.2 Å². The van der Waals surface area contributed by atoms with Crippen LogP contribution in [0, 0.1) is 6.92 Å². The minimum absolute atomic E-state index is 0.312. The van der Waals surface area contributed by atoms with Crippen LogP contribution in [0.2, 0.25) is 10.0 Å². The van der Waals surface area contributed by atoms with Crippen molar-refractivity contribution >= 4 is 61.7 Å². The normalized spacial score (nSPS) is 14.7. The van der Waals surface area contributed by atoms with E-state index in [1.807, 2.05) is 23.9 Å². The van der Waals surface area contributed by atoms with Gasteiger partial charge in [-0.25, -0.2) is 9.97 Å². The van der Waals surface area contributed by atoms with Crippen LogP contribution >= 0.6 is 39.1 Å². The lowest BCUT2D eigenvalue weighted by molar-refractivity contribution is 0.343. The second kappa shape index (κ2) is 9.06. The number of halogens is 3. The molecule has 170 valence electrons. The third-order valence-corrected chi connectivity index (χ3v) is 7.11. The van der Waals surface area contributed by atoms with E-state index >= 15 is 0 Å². The number of pyridine rings is 1. The lowest BCUT2D eigenvalue weighted by Crippen LogP contribution is -2.29. The van der Waals surface area contributed by atoms with E-state index in [-0.39, 0.29) is 5.56 Å². The van der Waals surface area contributed by atoms with Crippen LogP contribution in [0.3, 0.4) is 0 Å². The summed E-state index contributed by atoms with van der Waals surface area (Å²) in [4.78, 5) is 22.2. The van der Waals surface area contributed by atoms with E-state index in [4.69, 9.17) is 23.2 Å². The van der Waals surface area contributed by atoms with Crippen molar-refractivity contribution in [3.63, 3.8) is 0 Å². The van der Waals surface area contributed by atoms with Gasteiger partial charge in [0.25, 0.3) is 5.56 Å². The highest BCUT2D eigenvalue weighted by Crippen LogP contribution is 2.32. The van der Waals surface area contributed by atoms with Gasteiger partial charge in [0.2, 0.25) is 5.95 Å². The molecular weight excluding hydrogens is 529 g/mol. The highest BCUT2D eigenvalue weighted by molar-refractivity contribution is 9.10. The summed E-state index contributed by atoms with van der Waals surface area (Å²) in [5.41, 5.74) is 2.21. The summed E-state index contributed by atoms with van der Waals surface area (Å²) in [6.07, 6.45) is 8.93. The van der Waals surface area contributed by atoms with Crippen LogP contribution in [0.5, 0.6) is 0 Å². The zero-order valence-corrected chi connectivity index (χ0v) is 20.7. The zero-order chi connectivity index (χ0) is 23.1. The first kappa shape index (κ1) is 22.3. The standard InChI is InChI=1S/C22H20BrCl2N7O/c1-12-2-3-17(24)20(18(12)25)31-11-16(23)19-15(21(31)33)9-27-22(30-19)29-13-8-28-32(10-13)14-4-6-26-7-5-14/h2-3,8-11,14,26H,4-7H2,1H3,(H,27,29,30). The van der Waals surface area contributed by atoms with Gasteiger partial charge in [-0.1, -0.05) is 29.3 Å². The summed E-state index contributed by atoms with van der Waals surface area (Å²) in [6, 6.07) is 3.91. The first-order valence-corrected chi connectivity index (χ1v) is 12.0. The largest absolute Gasteiger partial charge is 0.321 e. The molecule has 4 aromatic rings. The highest BCUT2D eigenvalue weighted by atomic mass is 79.9. The number of hydrogen-bond donors (Lipinski definition) is 2. The van der Waals surface area contributed by atoms with E-state index < -0.39 is 0 Å². The lowest BCUT2D eigenvalue weighted by Gasteiger charge is -2.22. The molecule has 1 aliphatic rings. The van der Waals surface area contributed by atoms with E-state index in [0.29, 0.717) is 43.1 Å². The molecule has 0 atom stereocenters. The van der Waals surface area contributed by atoms with Gasteiger partial charge in [-0.2, -0.15) is 5.10 Å². The van der Waals surface area contributed by atoms with Crippen molar-refractivity contribution in [3.05, 3.63) is 67.4 Å². The van der Waals surface area contributed by atoms with Gasteiger partial charge in [0.1, 0.15) is 0 Å². The van der Waals surface area contributed by atoms with Gasteiger partial charge in [-0.3, -0.25) is 14.0 Å². The highest BCUT2D eigenvalue weighted by Gasteiger charge is 2.18. The smallest absolute Gasteiger partial charge is 0.266 e. The summed E-state index contributed by atoms with van der Waals surface area (Å²) in [6.45, 7) is 3.84. The molecule has 0 amide bonds. The number of piperidine rings is 1. The molecule has 4 heterocycles. The molecule has 1 fully saturated rings.